The standard InChI is InChI=1S/C24H26F3N3O2S/c1-4-5-6-11-32-21-10-7-16(12-18(21)24(25,26)27)13-22-29-20(15-33-22)19-9-8-17(14-28-19)23(31)30(2)3/h7-10,12,14-15H,4-6,11,13H2,1-3H3. The number of rotatable bonds is 9. The first kappa shape index (κ1) is 24.7. The predicted molar refractivity (Wildman–Crippen MR) is 123 cm³/mol. The van der Waals surface area contributed by atoms with Crippen LogP contribution in [0.5, 0.6) is 5.75 Å². The van der Waals surface area contributed by atoms with E-state index < -0.39 is 11.7 Å². The minimum Gasteiger partial charge on any atom is -0.493 e. The third-order valence-electron chi connectivity index (χ3n) is 4.94. The maximum Gasteiger partial charge on any atom is 0.419 e. The summed E-state index contributed by atoms with van der Waals surface area (Å²) in [7, 11) is 3.33. The Morgan fingerprint density at radius 2 is 1.91 bits per heavy atom. The molecule has 3 aromatic rings. The van der Waals surface area contributed by atoms with Gasteiger partial charge in [-0.2, -0.15) is 13.2 Å². The summed E-state index contributed by atoms with van der Waals surface area (Å²) in [5, 5.41) is 2.48. The molecule has 0 radical (unpaired) electrons. The number of benzene rings is 1. The first-order valence-electron chi connectivity index (χ1n) is 10.6. The lowest BCUT2D eigenvalue weighted by molar-refractivity contribution is -0.139. The van der Waals surface area contributed by atoms with Crippen molar-refractivity contribution in [2.75, 3.05) is 20.7 Å². The van der Waals surface area contributed by atoms with E-state index in [-0.39, 0.29) is 24.7 Å². The smallest absolute Gasteiger partial charge is 0.419 e. The molecule has 0 fully saturated rings. The number of thiazole rings is 1. The molecule has 176 valence electrons. The van der Waals surface area contributed by atoms with Crippen LogP contribution in [0.3, 0.4) is 0 Å². The number of nitrogens with zero attached hydrogens (tertiary/aromatic N) is 3. The van der Waals surface area contributed by atoms with Gasteiger partial charge in [0.2, 0.25) is 0 Å². The third kappa shape index (κ3) is 6.54. The van der Waals surface area contributed by atoms with E-state index in [1.165, 1.54) is 28.5 Å². The molecule has 33 heavy (non-hydrogen) atoms. The molecule has 3 rings (SSSR count). The highest BCUT2D eigenvalue weighted by atomic mass is 32.1. The Labute approximate surface area is 195 Å². The van der Waals surface area contributed by atoms with Gasteiger partial charge in [0.05, 0.1) is 34.1 Å². The number of unbranched alkanes of at least 4 members (excludes halogenated alkanes) is 2. The summed E-state index contributed by atoms with van der Waals surface area (Å²) in [6.07, 6.45) is -0.143. The molecular weight excluding hydrogens is 451 g/mol. The fourth-order valence-electron chi connectivity index (χ4n) is 3.18. The second-order valence-corrected chi connectivity index (χ2v) is 8.76. The molecule has 0 bridgehead atoms. The Bertz CT molecular complexity index is 1080. The number of halogens is 3. The number of hydrogen-bond donors (Lipinski definition) is 0. The average Bonchev–Trinajstić information content (AvgIpc) is 3.24. The van der Waals surface area contributed by atoms with E-state index in [0.717, 1.165) is 25.3 Å². The molecule has 0 atom stereocenters. The molecule has 0 unspecified atom stereocenters. The van der Waals surface area contributed by atoms with Crippen molar-refractivity contribution < 1.29 is 22.7 Å². The van der Waals surface area contributed by atoms with E-state index in [1.807, 2.05) is 6.92 Å². The summed E-state index contributed by atoms with van der Waals surface area (Å²) in [6.45, 7) is 2.29. The molecule has 0 N–H and O–H groups in total. The van der Waals surface area contributed by atoms with E-state index in [4.69, 9.17) is 4.74 Å². The number of amides is 1. The Morgan fingerprint density at radius 3 is 2.55 bits per heavy atom. The fraction of sp³-hybridized carbons (Fsp3) is 0.375. The molecule has 1 amide bonds. The van der Waals surface area contributed by atoms with Gasteiger partial charge < -0.3 is 9.64 Å². The summed E-state index contributed by atoms with van der Waals surface area (Å²) in [5.41, 5.74) is 1.42. The van der Waals surface area contributed by atoms with Gasteiger partial charge in [-0.3, -0.25) is 9.78 Å². The number of hydrogen-bond acceptors (Lipinski definition) is 5. The maximum absolute atomic E-state index is 13.6. The molecule has 0 aliphatic rings. The van der Waals surface area contributed by atoms with Crippen molar-refractivity contribution in [2.24, 2.45) is 0 Å². The highest BCUT2D eigenvalue weighted by Crippen LogP contribution is 2.37. The number of carbonyl (C=O) groups excluding carboxylic acids is 1. The first-order chi connectivity index (χ1) is 15.7. The van der Waals surface area contributed by atoms with Gasteiger partial charge in [0.25, 0.3) is 5.91 Å². The molecule has 5 nitrogen and oxygen atoms in total. The minimum absolute atomic E-state index is 0.140. The molecule has 0 spiro atoms. The summed E-state index contributed by atoms with van der Waals surface area (Å²) in [4.78, 5) is 22.3. The fourth-order valence-corrected chi connectivity index (χ4v) is 4.01. The summed E-state index contributed by atoms with van der Waals surface area (Å²) in [6, 6.07) is 7.56. The van der Waals surface area contributed by atoms with Gasteiger partial charge >= 0.3 is 6.18 Å². The lowest BCUT2D eigenvalue weighted by Crippen LogP contribution is -2.21. The topological polar surface area (TPSA) is 55.3 Å². The van der Waals surface area contributed by atoms with Crippen molar-refractivity contribution in [3.05, 3.63) is 63.6 Å². The van der Waals surface area contributed by atoms with Crippen molar-refractivity contribution in [3.63, 3.8) is 0 Å². The number of alkyl halides is 3. The molecule has 0 saturated carbocycles. The summed E-state index contributed by atoms with van der Waals surface area (Å²) >= 11 is 1.35. The van der Waals surface area contributed by atoms with Crippen LogP contribution in [0, 0.1) is 0 Å². The van der Waals surface area contributed by atoms with Crippen LogP contribution in [0.2, 0.25) is 0 Å². The number of ether oxygens (including phenoxy) is 1. The Morgan fingerprint density at radius 1 is 1.12 bits per heavy atom. The van der Waals surface area contributed by atoms with E-state index in [2.05, 4.69) is 9.97 Å². The van der Waals surface area contributed by atoms with Crippen LogP contribution in [0.15, 0.2) is 41.9 Å². The third-order valence-corrected chi connectivity index (χ3v) is 5.79. The van der Waals surface area contributed by atoms with Gasteiger partial charge in [0, 0.05) is 32.1 Å². The van der Waals surface area contributed by atoms with Crippen molar-refractivity contribution in [1.29, 1.82) is 0 Å². The largest absolute Gasteiger partial charge is 0.493 e. The Hall–Kier alpha value is -2.94. The molecule has 0 aliphatic heterocycles. The lowest BCUT2D eigenvalue weighted by Gasteiger charge is -2.15. The zero-order valence-electron chi connectivity index (χ0n) is 18.8. The van der Waals surface area contributed by atoms with Gasteiger partial charge in [0.15, 0.2) is 0 Å². The van der Waals surface area contributed by atoms with E-state index in [0.29, 0.717) is 27.5 Å². The quantitative estimate of drug-likeness (QED) is 0.350. The molecular formula is C24H26F3N3O2S. The number of aromatic nitrogens is 2. The second-order valence-electron chi connectivity index (χ2n) is 7.82. The zero-order chi connectivity index (χ0) is 24.0. The van der Waals surface area contributed by atoms with Crippen LogP contribution in [0.4, 0.5) is 13.2 Å². The molecule has 1 aromatic carbocycles. The van der Waals surface area contributed by atoms with Gasteiger partial charge in [-0.25, -0.2) is 4.98 Å². The first-order valence-corrected chi connectivity index (χ1v) is 11.5. The van der Waals surface area contributed by atoms with Gasteiger partial charge in [-0.05, 0) is 36.2 Å². The molecule has 0 saturated heterocycles. The Kier molecular flexibility index (Phi) is 8.07. The van der Waals surface area contributed by atoms with Crippen LogP contribution < -0.4 is 4.74 Å². The Balaban J connectivity index is 1.74. The molecule has 9 heteroatoms. The van der Waals surface area contributed by atoms with Crippen LogP contribution in [-0.2, 0) is 12.6 Å². The van der Waals surface area contributed by atoms with Crippen molar-refractivity contribution in [1.82, 2.24) is 14.9 Å². The average molecular weight is 478 g/mol. The van der Waals surface area contributed by atoms with Crippen molar-refractivity contribution in [2.45, 2.75) is 38.8 Å². The zero-order valence-corrected chi connectivity index (χ0v) is 19.6. The second kappa shape index (κ2) is 10.8. The van der Waals surface area contributed by atoms with E-state index in [1.54, 1.807) is 37.7 Å². The van der Waals surface area contributed by atoms with Gasteiger partial charge in [0.1, 0.15) is 5.75 Å². The summed E-state index contributed by atoms with van der Waals surface area (Å²) < 4.78 is 46.1. The number of pyridine rings is 1. The molecule has 2 aromatic heterocycles. The van der Waals surface area contributed by atoms with Gasteiger partial charge in [-0.15, -0.1) is 11.3 Å². The SMILES string of the molecule is CCCCCOc1ccc(Cc2nc(-c3ccc(C(=O)N(C)C)cn3)cs2)cc1C(F)(F)F. The van der Waals surface area contributed by atoms with Crippen LogP contribution in [0.1, 0.15) is 52.7 Å². The van der Waals surface area contributed by atoms with Crippen LogP contribution in [0.25, 0.3) is 11.4 Å². The van der Waals surface area contributed by atoms with Crippen LogP contribution >= 0.6 is 11.3 Å². The lowest BCUT2D eigenvalue weighted by atomic mass is 10.1. The predicted octanol–water partition coefficient (Wildman–Crippen LogP) is 6.09. The number of carbonyl (C=O) groups is 1. The monoisotopic (exact) mass is 477 g/mol. The van der Waals surface area contributed by atoms with Crippen LogP contribution in [-0.4, -0.2) is 41.5 Å². The minimum atomic E-state index is -4.50. The van der Waals surface area contributed by atoms with Crippen molar-refractivity contribution in [3.8, 4) is 17.1 Å². The maximum atomic E-state index is 13.6. The van der Waals surface area contributed by atoms with E-state index in [9.17, 15) is 18.0 Å². The van der Waals surface area contributed by atoms with Gasteiger partial charge in [-0.1, -0.05) is 25.8 Å². The van der Waals surface area contributed by atoms with Crippen molar-refractivity contribution >= 4 is 17.2 Å². The normalized spacial score (nSPS) is 11.5. The van der Waals surface area contributed by atoms with E-state index >= 15 is 0 Å². The highest BCUT2D eigenvalue weighted by molar-refractivity contribution is 7.10. The summed E-state index contributed by atoms with van der Waals surface area (Å²) in [5.74, 6) is -0.287. The molecule has 2 heterocycles. The molecule has 0 aliphatic carbocycles. The highest BCUT2D eigenvalue weighted by Gasteiger charge is 2.34.